The monoisotopic (exact) mass is 297 g/mol. The van der Waals surface area contributed by atoms with E-state index in [1.54, 1.807) is 0 Å². The van der Waals surface area contributed by atoms with Gasteiger partial charge in [0.2, 0.25) is 0 Å². The summed E-state index contributed by atoms with van der Waals surface area (Å²) in [5.41, 5.74) is 0. The highest BCUT2D eigenvalue weighted by molar-refractivity contribution is 5.74. The number of urea groups is 1. The summed E-state index contributed by atoms with van der Waals surface area (Å²) < 4.78 is 0. The lowest BCUT2D eigenvalue weighted by Gasteiger charge is -2.29. The number of carboxylic acid groups (broad SMARTS) is 1. The van der Waals surface area contributed by atoms with Crippen LogP contribution in [0.1, 0.15) is 32.1 Å². The number of hydrogen-bond acceptors (Lipinski definition) is 3. The number of carboxylic acids is 1. The number of likely N-dealkylation sites (tertiary alicyclic amines) is 2. The minimum atomic E-state index is -0.750. The fraction of sp³-hybridized carbons (Fsp3) is 0.867. The first-order chi connectivity index (χ1) is 10.0. The first kappa shape index (κ1) is 16.1. The first-order valence-corrected chi connectivity index (χ1v) is 7.97. The zero-order valence-electron chi connectivity index (χ0n) is 12.9. The van der Waals surface area contributed by atoms with Crippen molar-refractivity contribution in [1.82, 2.24) is 15.1 Å². The van der Waals surface area contributed by atoms with E-state index in [-0.39, 0.29) is 12.5 Å². The van der Waals surface area contributed by atoms with Gasteiger partial charge in [-0.1, -0.05) is 0 Å². The maximum atomic E-state index is 12.1. The smallest absolute Gasteiger partial charge is 0.317 e. The van der Waals surface area contributed by atoms with Gasteiger partial charge in [-0.2, -0.15) is 0 Å². The van der Waals surface area contributed by atoms with Crippen molar-refractivity contribution in [3.05, 3.63) is 0 Å². The molecule has 2 aliphatic heterocycles. The topological polar surface area (TPSA) is 72.9 Å². The third-order valence-corrected chi connectivity index (χ3v) is 4.72. The zero-order valence-corrected chi connectivity index (χ0v) is 12.9. The Morgan fingerprint density at radius 3 is 2.48 bits per heavy atom. The molecule has 2 heterocycles. The van der Waals surface area contributed by atoms with Crippen LogP contribution >= 0.6 is 0 Å². The van der Waals surface area contributed by atoms with Crippen LogP contribution in [0.3, 0.4) is 0 Å². The van der Waals surface area contributed by atoms with Gasteiger partial charge in [0.1, 0.15) is 0 Å². The van der Waals surface area contributed by atoms with Crippen LogP contribution in [0.2, 0.25) is 0 Å². The second-order valence-corrected chi connectivity index (χ2v) is 6.47. The van der Waals surface area contributed by atoms with Crippen molar-refractivity contribution in [2.45, 2.75) is 32.1 Å². The predicted octanol–water partition coefficient (Wildman–Crippen LogP) is 1.22. The maximum absolute atomic E-state index is 12.1. The Morgan fingerprint density at radius 2 is 1.81 bits per heavy atom. The Balaban J connectivity index is 1.64. The number of piperidine rings is 1. The van der Waals surface area contributed by atoms with Crippen molar-refractivity contribution < 1.29 is 14.7 Å². The molecule has 21 heavy (non-hydrogen) atoms. The Kier molecular flexibility index (Phi) is 5.85. The lowest BCUT2D eigenvalue weighted by Crippen LogP contribution is -2.42. The van der Waals surface area contributed by atoms with Gasteiger partial charge in [0.05, 0.1) is 0 Å². The van der Waals surface area contributed by atoms with E-state index in [2.05, 4.69) is 17.3 Å². The third-order valence-electron chi connectivity index (χ3n) is 4.72. The fourth-order valence-electron chi connectivity index (χ4n) is 3.19. The number of carbonyl (C=O) groups excluding carboxylic acids is 1. The van der Waals surface area contributed by atoms with Gasteiger partial charge in [0.25, 0.3) is 0 Å². The van der Waals surface area contributed by atoms with Crippen LogP contribution in [0.5, 0.6) is 0 Å². The van der Waals surface area contributed by atoms with Gasteiger partial charge in [-0.15, -0.1) is 0 Å². The number of rotatable bonds is 5. The quantitative estimate of drug-likeness (QED) is 0.800. The lowest BCUT2D eigenvalue weighted by atomic mass is 9.97. The van der Waals surface area contributed by atoms with E-state index in [0.29, 0.717) is 24.8 Å². The molecule has 2 N–H and O–H groups in total. The van der Waals surface area contributed by atoms with Crippen molar-refractivity contribution in [2.24, 2.45) is 11.8 Å². The number of nitrogens with zero attached hydrogens (tertiary/aromatic N) is 2. The van der Waals surface area contributed by atoms with Gasteiger partial charge >= 0.3 is 12.0 Å². The Hall–Kier alpha value is -1.30. The van der Waals surface area contributed by atoms with E-state index < -0.39 is 5.97 Å². The highest BCUT2D eigenvalue weighted by Crippen LogP contribution is 2.21. The molecule has 6 heteroatoms. The Morgan fingerprint density at radius 1 is 1.14 bits per heavy atom. The van der Waals surface area contributed by atoms with Crippen LogP contribution in [-0.4, -0.2) is 66.7 Å². The lowest BCUT2D eigenvalue weighted by molar-refractivity contribution is -0.137. The molecule has 2 saturated heterocycles. The summed E-state index contributed by atoms with van der Waals surface area (Å²) in [7, 11) is 2.14. The molecule has 1 unspecified atom stereocenters. The summed E-state index contributed by atoms with van der Waals surface area (Å²) in [6.45, 7) is 4.45. The average Bonchev–Trinajstić information content (AvgIpc) is 2.93. The van der Waals surface area contributed by atoms with Gasteiger partial charge in [0, 0.05) is 26.1 Å². The van der Waals surface area contributed by atoms with E-state index in [4.69, 9.17) is 5.11 Å². The molecule has 2 rings (SSSR count). The summed E-state index contributed by atoms with van der Waals surface area (Å²) in [5, 5.41) is 11.7. The summed E-state index contributed by atoms with van der Waals surface area (Å²) in [5.74, 6) is 0.186. The van der Waals surface area contributed by atoms with E-state index >= 15 is 0 Å². The van der Waals surface area contributed by atoms with E-state index in [0.717, 1.165) is 45.4 Å². The minimum Gasteiger partial charge on any atom is -0.481 e. The highest BCUT2D eigenvalue weighted by atomic mass is 16.4. The van der Waals surface area contributed by atoms with Gasteiger partial charge in [-0.05, 0) is 57.7 Å². The molecule has 6 nitrogen and oxygen atoms in total. The normalized spacial score (nSPS) is 24.2. The zero-order chi connectivity index (χ0) is 15.2. The minimum absolute atomic E-state index is 0.0201. The number of aliphatic carboxylic acids is 1. The molecular formula is C15H27N3O3. The van der Waals surface area contributed by atoms with E-state index in [9.17, 15) is 9.59 Å². The van der Waals surface area contributed by atoms with E-state index in [1.807, 2.05) is 4.90 Å². The van der Waals surface area contributed by atoms with Crippen molar-refractivity contribution >= 4 is 12.0 Å². The van der Waals surface area contributed by atoms with Gasteiger partial charge < -0.3 is 20.2 Å². The molecule has 0 aliphatic carbocycles. The second-order valence-electron chi connectivity index (χ2n) is 6.47. The Bertz CT molecular complexity index is 367. The predicted molar refractivity (Wildman–Crippen MR) is 80.2 cm³/mol. The van der Waals surface area contributed by atoms with Crippen LogP contribution < -0.4 is 5.32 Å². The van der Waals surface area contributed by atoms with Gasteiger partial charge in [0.15, 0.2) is 0 Å². The van der Waals surface area contributed by atoms with Crippen molar-refractivity contribution in [2.75, 3.05) is 39.8 Å². The van der Waals surface area contributed by atoms with Crippen molar-refractivity contribution in [3.8, 4) is 0 Å². The number of nitrogens with one attached hydrogen (secondary N) is 1. The number of hydrogen-bond donors (Lipinski definition) is 2. The maximum Gasteiger partial charge on any atom is 0.317 e. The van der Waals surface area contributed by atoms with Gasteiger partial charge in [-0.25, -0.2) is 4.79 Å². The fourth-order valence-corrected chi connectivity index (χ4v) is 3.19. The van der Waals surface area contributed by atoms with Crippen molar-refractivity contribution in [1.29, 1.82) is 0 Å². The third kappa shape index (κ3) is 5.19. The van der Waals surface area contributed by atoms with E-state index in [1.165, 1.54) is 0 Å². The molecule has 2 aliphatic rings. The number of carbonyl (C=O) groups is 2. The average molecular weight is 297 g/mol. The summed E-state index contributed by atoms with van der Waals surface area (Å²) in [4.78, 5) is 26.9. The second kappa shape index (κ2) is 7.64. The molecule has 0 spiro atoms. The molecule has 0 aromatic heterocycles. The summed E-state index contributed by atoms with van der Waals surface area (Å²) >= 11 is 0. The van der Waals surface area contributed by atoms with Crippen LogP contribution in [0.4, 0.5) is 4.79 Å². The molecule has 0 aromatic rings. The molecule has 0 bridgehead atoms. The highest BCUT2D eigenvalue weighted by Gasteiger charge is 2.27. The Labute approximate surface area is 126 Å². The van der Waals surface area contributed by atoms with Crippen LogP contribution in [0, 0.1) is 11.8 Å². The number of amides is 2. The molecule has 2 fully saturated rings. The van der Waals surface area contributed by atoms with Crippen LogP contribution in [0.15, 0.2) is 0 Å². The first-order valence-electron chi connectivity index (χ1n) is 7.97. The SMILES string of the molecule is CN1CCC(CNC(=O)N2CCC(CCC(=O)O)C2)CC1. The molecular weight excluding hydrogens is 270 g/mol. The molecule has 0 aromatic carbocycles. The largest absolute Gasteiger partial charge is 0.481 e. The van der Waals surface area contributed by atoms with Crippen molar-refractivity contribution in [3.63, 3.8) is 0 Å². The molecule has 2 amide bonds. The molecule has 0 saturated carbocycles. The van der Waals surface area contributed by atoms with Gasteiger partial charge in [-0.3, -0.25) is 4.79 Å². The standard InChI is InChI=1S/C15H27N3O3/c1-17-7-4-12(5-8-17)10-16-15(21)18-9-6-13(11-18)2-3-14(19)20/h12-13H,2-11H2,1H3,(H,16,21)(H,19,20). The van der Waals surface area contributed by atoms with Crippen LogP contribution in [0.25, 0.3) is 0 Å². The molecule has 1 atom stereocenters. The summed E-state index contributed by atoms with van der Waals surface area (Å²) in [6, 6.07) is 0.0201. The molecule has 120 valence electrons. The van der Waals surface area contributed by atoms with Crippen LogP contribution in [-0.2, 0) is 4.79 Å². The molecule has 0 radical (unpaired) electrons. The summed E-state index contributed by atoms with van der Waals surface area (Å²) in [6.07, 6.45) is 4.11.